The number of aryl methyl sites for hydroxylation is 3. The Kier molecular flexibility index (Phi) is 6.93. The van der Waals surface area contributed by atoms with Crippen LogP contribution in [0.1, 0.15) is 23.1 Å². The van der Waals surface area contributed by atoms with Gasteiger partial charge in [0.1, 0.15) is 0 Å². The molecule has 0 fully saturated rings. The Labute approximate surface area is 149 Å². The number of hydrogen-bond acceptors (Lipinski definition) is 2. The van der Waals surface area contributed by atoms with Gasteiger partial charge in [-0.3, -0.25) is 0 Å². The van der Waals surface area contributed by atoms with Crippen molar-refractivity contribution in [3.8, 4) is 0 Å². The van der Waals surface area contributed by atoms with Gasteiger partial charge in [-0.15, -0.1) is 11.8 Å². The van der Waals surface area contributed by atoms with Gasteiger partial charge in [-0.25, -0.2) is 0 Å². The molecule has 0 aliphatic carbocycles. The summed E-state index contributed by atoms with van der Waals surface area (Å²) in [5.74, 6) is 1.09. The summed E-state index contributed by atoms with van der Waals surface area (Å²) < 4.78 is 0. The minimum Gasteiger partial charge on any atom is -0.362 e. The van der Waals surface area contributed by atoms with Crippen molar-refractivity contribution in [1.29, 1.82) is 0 Å². The molecule has 0 amide bonds. The van der Waals surface area contributed by atoms with Crippen LogP contribution in [-0.4, -0.2) is 17.4 Å². The van der Waals surface area contributed by atoms with Gasteiger partial charge in [-0.1, -0.05) is 35.4 Å². The maximum absolute atomic E-state index is 5.36. The molecule has 2 aromatic carbocycles. The van der Waals surface area contributed by atoms with Gasteiger partial charge in [0.15, 0.2) is 5.11 Å². The smallest absolute Gasteiger partial charge is 0.170 e. The minimum absolute atomic E-state index is 0.692. The number of anilines is 1. The van der Waals surface area contributed by atoms with Crippen LogP contribution in [0.4, 0.5) is 5.69 Å². The lowest BCUT2D eigenvalue weighted by Crippen LogP contribution is -2.29. The van der Waals surface area contributed by atoms with E-state index in [1.807, 2.05) is 11.8 Å². The average Bonchev–Trinajstić information content (AvgIpc) is 2.51. The van der Waals surface area contributed by atoms with Crippen LogP contribution in [0.25, 0.3) is 0 Å². The summed E-state index contributed by atoms with van der Waals surface area (Å²) in [6.45, 7) is 7.19. The molecule has 0 aliphatic rings. The standard InChI is InChI=1S/C19H24N2S2/c1-14-5-8-17(9-6-14)23-12-4-11-20-19(22)21-18-10-7-15(2)13-16(18)3/h5-10,13H,4,11-12H2,1-3H3,(H2,20,21,22). The van der Waals surface area contributed by atoms with Crippen molar-refractivity contribution in [2.45, 2.75) is 32.1 Å². The van der Waals surface area contributed by atoms with E-state index < -0.39 is 0 Å². The first-order chi connectivity index (χ1) is 11.0. The Morgan fingerprint density at radius 3 is 2.39 bits per heavy atom. The first-order valence-electron chi connectivity index (χ1n) is 7.86. The lowest BCUT2D eigenvalue weighted by atomic mass is 10.1. The molecule has 0 aromatic heterocycles. The summed E-state index contributed by atoms with van der Waals surface area (Å²) in [6, 6.07) is 15.0. The first kappa shape index (κ1) is 17.8. The lowest BCUT2D eigenvalue weighted by molar-refractivity contribution is 0.854. The second-order valence-electron chi connectivity index (χ2n) is 5.71. The van der Waals surface area contributed by atoms with E-state index in [0.29, 0.717) is 5.11 Å². The van der Waals surface area contributed by atoms with Crippen molar-refractivity contribution in [3.05, 3.63) is 59.2 Å². The molecule has 0 saturated carbocycles. The van der Waals surface area contributed by atoms with Gasteiger partial charge in [-0.2, -0.15) is 0 Å². The molecule has 0 unspecified atom stereocenters. The minimum atomic E-state index is 0.692. The third kappa shape index (κ3) is 6.24. The van der Waals surface area contributed by atoms with Crippen LogP contribution in [-0.2, 0) is 0 Å². The second kappa shape index (κ2) is 8.94. The van der Waals surface area contributed by atoms with Crippen molar-refractivity contribution in [2.24, 2.45) is 0 Å². The molecular weight excluding hydrogens is 320 g/mol. The van der Waals surface area contributed by atoms with Crippen molar-refractivity contribution in [2.75, 3.05) is 17.6 Å². The van der Waals surface area contributed by atoms with Crippen molar-refractivity contribution < 1.29 is 0 Å². The van der Waals surface area contributed by atoms with Gasteiger partial charge < -0.3 is 10.6 Å². The number of benzene rings is 2. The fourth-order valence-electron chi connectivity index (χ4n) is 2.22. The topological polar surface area (TPSA) is 24.1 Å². The molecule has 0 spiro atoms. The molecule has 0 bridgehead atoms. The molecule has 0 heterocycles. The van der Waals surface area contributed by atoms with Crippen molar-refractivity contribution in [3.63, 3.8) is 0 Å². The van der Waals surface area contributed by atoms with E-state index in [1.165, 1.54) is 21.6 Å². The van der Waals surface area contributed by atoms with E-state index in [9.17, 15) is 0 Å². The molecule has 2 N–H and O–H groups in total. The van der Waals surface area contributed by atoms with E-state index in [-0.39, 0.29) is 0 Å². The first-order valence-corrected chi connectivity index (χ1v) is 9.25. The van der Waals surface area contributed by atoms with Crippen molar-refractivity contribution in [1.82, 2.24) is 5.32 Å². The zero-order chi connectivity index (χ0) is 16.7. The number of thioether (sulfide) groups is 1. The van der Waals surface area contributed by atoms with Gasteiger partial charge >= 0.3 is 0 Å². The molecule has 23 heavy (non-hydrogen) atoms. The monoisotopic (exact) mass is 344 g/mol. The highest BCUT2D eigenvalue weighted by atomic mass is 32.2. The predicted octanol–water partition coefficient (Wildman–Crippen LogP) is 5.08. The largest absolute Gasteiger partial charge is 0.362 e. The molecule has 0 atom stereocenters. The van der Waals surface area contributed by atoms with E-state index >= 15 is 0 Å². The summed E-state index contributed by atoms with van der Waals surface area (Å²) in [4.78, 5) is 1.33. The average molecular weight is 345 g/mol. The molecular formula is C19H24N2S2. The molecule has 2 nitrogen and oxygen atoms in total. The Bertz CT molecular complexity index is 651. The normalized spacial score (nSPS) is 10.4. The van der Waals surface area contributed by atoms with Gasteiger partial charge in [0.2, 0.25) is 0 Å². The number of rotatable bonds is 6. The van der Waals surface area contributed by atoms with Crippen LogP contribution in [0, 0.1) is 20.8 Å². The van der Waals surface area contributed by atoms with Crippen LogP contribution in [0.15, 0.2) is 47.4 Å². The Balaban J connectivity index is 1.65. The van der Waals surface area contributed by atoms with E-state index in [0.717, 1.165) is 24.4 Å². The quantitative estimate of drug-likeness (QED) is 0.433. The maximum atomic E-state index is 5.36. The zero-order valence-electron chi connectivity index (χ0n) is 14.0. The Morgan fingerprint density at radius 2 is 1.70 bits per heavy atom. The second-order valence-corrected chi connectivity index (χ2v) is 7.29. The van der Waals surface area contributed by atoms with Gasteiger partial charge in [0.25, 0.3) is 0 Å². The highest BCUT2D eigenvalue weighted by molar-refractivity contribution is 7.99. The predicted molar refractivity (Wildman–Crippen MR) is 107 cm³/mol. The molecule has 0 saturated heterocycles. The SMILES string of the molecule is Cc1ccc(SCCCNC(=S)Nc2ccc(C)cc2C)cc1. The number of nitrogens with one attached hydrogen (secondary N) is 2. The molecule has 4 heteroatoms. The Morgan fingerprint density at radius 1 is 1.00 bits per heavy atom. The fourth-order valence-corrected chi connectivity index (χ4v) is 3.28. The van der Waals surface area contributed by atoms with E-state index in [2.05, 4.69) is 73.9 Å². The third-order valence-corrected chi connectivity index (χ3v) is 4.87. The maximum Gasteiger partial charge on any atom is 0.170 e. The summed E-state index contributed by atoms with van der Waals surface area (Å²) in [5, 5.41) is 7.23. The van der Waals surface area contributed by atoms with Crippen LogP contribution < -0.4 is 10.6 Å². The molecule has 2 rings (SSSR count). The van der Waals surface area contributed by atoms with Crippen LogP contribution in [0.3, 0.4) is 0 Å². The highest BCUT2D eigenvalue weighted by Gasteiger charge is 2.01. The van der Waals surface area contributed by atoms with Gasteiger partial charge in [0.05, 0.1) is 0 Å². The summed E-state index contributed by atoms with van der Waals surface area (Å²) in [5.41, 5.74) is 4.85. The fraction of sp³-hybridized carbons (Fsp3) is 0.316. The van der Waals surface area contributed by atoms with Crippen LogP contribution >= 0.6 is 24.0 Å². The van der Waals surface area contributed by atoms with E-state index in [1.54, 1.807) is 0 Å². The number of thiocarbonyl (C=S) groups is 1. The number of hydrogen-bond donors (Lipinski definition) is 2. The van der Waals surface area contributed by atoms with Crippen LogP contribution in [0.2, 0.25) is 0 Å². The lowest BCUT2D eigenvalue weighted by Gasteiger charge is -2.13. The molecule has 122 valence electrons. The van der Waals surface area contributed by atoms with Gasteiger partial charge in [-0.05, 0) is 68.9 Å². The molecule has 2 aromatic rings. The summed E-state index contributed by atoms with van der Waals surface area (Å²) in [6.07, 6.45) is 1.08. The summed E-state index contributed by atoms with van der Waals surface area (Å²) in [7, 11) is 0. The van der Waals surface area contributed by atoms with Gasteiger partial charge in [0, 0.05) is 17.1 Å². The highest BCUT2D eigenvalue weighted by Crippen LogP contribution is 2.19. The zero-order valence-corrected chi connectivity index (χ0v) is 15.6. The van der Waals surface area contributed by atoms with E-state index in [4.69, 9.17) is 12.2 Å². The van der Waals surface area contributed by atoms with Crippen molar-refractivity contribution >= 4 is 34.8 Å². The molecule has 0 aliphatic heterocycles. The summed E-state index contributed by atoms with van der Waals surface area (Å²) >= 11 is 7.24. The third-order valence-electron chi connectivity index (χ3n) is 3.53. The van der Waals surface area contributed by atoms with Crippen LogP contribution in [0.5, 0.6) is 0 Å². The Hall–Kier alpha value is -1.52. The molecule has 0 radical (unpaired) electrons.